The Morgan fingerprint density at radius 3 is 2.22 bits per heavy atom. The van der Waals surface area contributed by atoms with Gasteiger partial charge < -0.3 is 5.11 Å². The lowest BCUT2D eigenvalue weighted by molar-refractivity contribution is 0.479. The fourth-order valence-corrected chi connectivity index (χ4v) is 3.31. The fourth-order valence-electron chi connectivity index (χ4n) is 2.57. The number of rotatable bonds is 3. The average Bonchev–Trinajstić information content (AvgIpc) is 3.22. The highest BCUT2D eigenvalue weighted by molar-refractivity contribution is 7.14. The van der Waals surface area contributed by atoms with Crippen molar-refractivity contribution in [2.45, 2.75) is 0 Å². The van der Waals surface area contributed by atoms with Crippen molar-refractivity contribution >= 4 is 11.3 Å². The van der Waals surface area contributed by atoms with Crippen LogP contribution in [0, 0.1) is 0 Å². The van der Waals surface area contributed by atoms with Crippen LogP contribution in [-0.4, -0.2) is 14.9 Å². The van der Waals surface area contributed by atoms with Crippen molar-refractivity contribution in [3.05, 3.63) is 78.2 Å². The monoisotopic (exact) mass is 318 g/mol. The van der Waals surface area contributed by atoms with Crippen LogP contribution < -0.4 is 0 Å². The molecule has 0 amide bonds. The van der Waals surface area contributed by atoms with E-state index in [9.17, 15) is 5.11 Å². The van der Waals surface area contributed by atoms with E-state index in [1.54, 1.807) is 6.07 Å². The van der Waals surface area contributed by atoms with Gasteiger partial charge in [-0.25, -0.2) is 4.68 Å². The van der Waals surface area contributed by atoms with Gasteiger partial charge in [0.25, 0.3) is 0 Å². The van der Waals surface area contributed by atoms with Gasteiger partial charge in [-0.3, -0.25) is 0 Å². The molecule has 2 aromatic heterocycles. The predicted octanol–water partition coefficient (Wildman–Crippen LogP) is 4.97. The maximum Gasteiger partial charge on any atom is 0.135 e. The first-order valence-corrected chi connectivity index (χ1v) is 8.18. The highest BCUT2D eigenvalue weighted by atomic mass is 32.1. The third kappa shape index (κ3) is 2.53. The lowest BCUT2D eigenvalue weighted by Gasteiger charge is -2.07. The molecule has 0 fully saturated rings. The Labute approximate surface area is 138 Å². The Morgan fingerprint density at radius 1 is 0.870 bits per heavy atom. The number of aromatic nitrogens is 2. The summed E-state index contributed by atoms with van der Waals surface area (Å²) in [7, 11) is 0. The largest absolute Gasteiger partial charge is 0.506 e. The second-order valence-electron chi connectivity index (χ2n) is 5.16. The number of nitrogens with zero attached hydrogens (tertiary/aromatic N) is 2. The standard InChI is InChI=1S/C19H14N2OS/c22-18-11-12-23-19(18)16-13-17(14-7-3-1-4-8-14)21(20-16)15-9-5-2-6-10-15/h1-13,22H. The molecular weight excluding hydrogens is 304 g/mol. The van der Waals surface area contributed by atoms with Gasteiger partial charge in [-0.1, -0.05) is 48.5 Å². The third-order valence-corrected chi connectivity index (χ3v) is 4.58. The Bertz CT molecular complexity index is 869. The molecular formula is C19H14N2OS. The number of aromatic hydroxyl groups is 1. The molecule has 4 heteroatoms. The highest BCUT2D eigenvalue weighted by Gasteiger charge is 2.15. The molecule has 23 heavy (non-hydrogen) atoms. The minimum absolute atomic E-state index is 0.271. The van der Waals surface area contributed by atoms with Crippen molar-refractivity contribution in [3.8, 4) is 33.3 Å². The van der Waals surface area contributed by atoms with Crippen LogP contribution in [0.15, 0.2) is 78.2 Å². The topological polar surface area (TPSA) is 38.0 Å². The quantitative estimate of drug-likeness (QED) is 0.579. The van der Waals surface area contributed by atoms with Crippen molar-refractivity contribution in [1.82, 2.24) is 9.78 Å². The smallest absolute Gasteiger partial charge is 0.135 e. The lowest BCUT2D eigenvalue weighted by Crippen LogP contribution is -1.98. The van der Waals surface area contributed by atoms with Crippen LogP contribution in [0.2, 0.25) is 0 Å². The lowest BCUT2D eigenvalue weighted by atomic mass is 10.1. The van der Waals surface area contributed by atoms with Crippen molar-refractivity contribution in [2.24, 2.45) is 0 Å². The second kappa shape index (κ2) is 5.74. The molecule has 0 radical (unpaired) electrons. The number of thiophene rings is 1. The minimum atomic E-state index is 0.271. The second-order valence-corrected chi connectivity index (χ2v) is 6.08. The van der Waals surface area contributed by atoms with Crippen molar-refractivity contribution < 1.29 is 5.11 Å². The summed E-state index contributed by atoms with van der Waals surface area (Å²) >= 11 is 1.49. The van der Waals surface area contributed by atoms with E-state index in [0.29, 0.717) is 0 Å². The van der Waals surface area contributed by atoms with Gasteiger partial charge in [0.05, 0.1) is 16.3 Å². The molecule has 4 rings (SSSR count). The SMILES string of the molecule is Oc1ccsc1-c1cc(-c2ccccc2)n(-c2ccccc2)n1. The van der Waals surface area contributed by atoms with Crippen LogP contribution in [0.5, 0.6) is 5.75 Å². The van der Waals surface area contributed by atoms with E-state index >= 15 is 0 Å². The van der Waals surface area contributed by atoms with E-state index in [-0.39, 0.29) is 5.75 Å². The van der Waals surface area contributed by atoms with Gasteiger partial charge in [-0.15, -0.1) is 11.3 Å². The minimum Gasteiger partial charge on any atom is -0.506 e. The molecule has 2 heterocycles. The molecule has 0 aliphatic heterocycles. The number of hydrogen-bond donors (Lipinski definition) is 1. The number of hydrogen-bond acceptors (Lipinski definition) is 3. The molecule has 0 bridgehead atoms. The number of para-hydroxylation sites is 1. The van der Waals surface area contributed by atoms with E-state index in [2.05, 4.69) is 12.1 Å². The van der Waals surface area contributed by atoms with Crippen LogP contribution in [-0.2, 0) is 0 Å². The Morgan fingerprint density at radius 2 is 1.57 bits per heavy atom. The maximum absolute atomic E-state index is 10.0. The van der Waals surface area contributed by atoms with Crippen LogP contribution in [0.4, 0.5) is 0 Å². The summed E-state index contributed by atoms with van der Waals surface area (Å²) in [6.45, 7) is 0. The van der Waals surface area contributed by atoms with Crippen molar-refractivity contribution in [2.75, 3.05) is 0 Å². The summed E-state index contributed by atoms with van der Waals surface area (Å²) < 4.78 is 1.92. The van der Waals surface area contributed by atoms with Crippen LogP contribution in [0.25, 0.3) is 27.5 Å². The van der Waals surface area contributed by atoms with E-state index in [0.717, 1.165) is 27.5 Å². The van der Waals surface area contributed by atoms with Gasteiger partial charge in [0.2, 0.25) is 0 Å². The summed E-state index contributed by atoms with van der Waals surface area (Å²) in [6, 6.07) is 23.9. The predicted molar refractivity (Wildman–Crippen MR) is 94.0 cm³/mol. The molecule has 4 aromatic rings. The van der Waals surface area contributed by atoms with Crippen LogP contribution in [0.3, 0.4) is 0 Å². The summed E-state index contributed by atoms with van der Waals surface area (Å²) in [4.78, 5) is 0.789. The first kappa shape index (κ1) is 13.8. The zero-order chi connectivity index (χ0) is 15.6. The summed E-state index contributed by atoms with van der Waals surface area (Å²) in [5.74, 6) is 0.271. The normalized spacial score (nSPS) is 10.8. The third-order valence-electron chi connectivity index (χ3n) is 3.66. The van der Waals surface area contributed by atoms with Gasteiger partial charge in [0, 0.05) is 5.56 Å². The molecule has 0 atom stereocenters. The van der Waals surface area contributed by atoms with Gasteiger partial charge in [0.1, 0.15) is 11.4 Å². The van der Waals surface area contributed by atoms with E-state index < -0.39 is 0 Å². The van der Waals surface area contributed by atoms with Crippen LogP contribution in [0.1, 0.15) is 0 Å². The van der Waals surface area contributed by atoms with E-state index in [4.69, 9.17) is 5.10 Å². The van der Waals surface area contributed by atoms with Gasteiger partial charge in [-0.05, 0) is 29.6 Å². The highest BCUT2D eigenvalue weighted by Crippen LogP contribution is 2.36. The fraction of sp³-hybridized carbons (Fsp3) is 0. The molecule has 2 aromatic carbocycles. The first-order chi connectivity index (χ1) is 11.3. The average molecular weight is 318 g/mol. The first-order valence-electron chi connectivity index (χ1n) is 7.30. The molecule has 1 N–H and O–H groups in total. The maximum atomic E-state index is 10.0. The molecule has 112 valence electrons. The molecule has 0 saturated carbocycles. The molecule has 3 nitrogen and oxygen atoms in total. The van der Waals surface area contributed by atoms with E-state index in [1.807, 2.05) is 64.7 Å². The van der Waals surface area contributed by atoms with Gasteiger partial charge in [0.15, 0.2) is 0 Å². The molecule has 0 aliphatic rings. The summed E-state index contributed by atoms with van der Waals surface area (Å²) in [6.07, 6.45) is 0. The Kier molecular flexibility index (Phi) is 3.44. The van der Waals surface area contributed by atoms with Gasteiger partial charge >= 0.3 is 0 Å². The molecule has 0 spiro atoms. The summed E-state index contributed by atoms with van der Waals surface area (Å²) in [5.41, 5.74) is 3.86. The molecule has 0 saturated heterocycles. The zero-order valence-electron chi connectivity index (χ0n) is 12.3. The zero-order valence-corrected chi connectivity index (χ0v) is 13.1. The molecule has 0 unspecified atom stereocenters. The Hall–Kier alpha value is -2.85. The Balaban J connectivity index is 1.93. The van der Waals surface area contributed by atoms with Crippen LogP contribution >= 0.6 is 11.3 Å². The number of benzene rings is 2. The molecule has 0 aliphatic carbocycles. The van der Waals surface area contributed by atoms with Crippen molar-refractivity contribution in [1.29, 1.82) is 0 Å². The summed E-state index contributed by atoms with van der Waals surface area (Å²) in [5, 5.41) is 16.6. The van der Waals surface area contributed by atoms with E-state index in [1.165, 1.54) is 11.3 Å². The van der Waals surface area contributed by atoms with Crippen molar-refractivity contribution in [3.63, 3.8) is 0 Å². The van der Waals surface area contributed by atoms with Gasteiger partial charge in [-0.2, -0.15) is 5.10 Å².